The highest BCUT2D eigenvalue weighted by Crippen LogP contribution is 2.38. The molecule has 0 radical (unpaired) electrons. The summed E-state index contributed by atoms with van der Waals surface area (Å²) in [6.45, 7) is 6.02. The van der Waals surface area contributed by atoms with Gasteiger partial charge in [0.25, 0.3) is 0 Å². The molecule has 0 aromatic heterocycles. The number of guanidine groups is 1. The zero-order valence-corrected chi connectivity index (χ0v) is 19.9. The maximum atomic E-state index is 14.0. The van der Waals surface area contributed by atoms with E-state index in [-0.39, 0.29) is 17.1 Å². The number of carbonyl (C=O) groups is 1. The number of rotatable bonds is 8. The Hall–Kier alpha value is -2.35. The zero-order valence-electron chi connectivity index (χ0n) is 19.9. The summed E-state index contributed by atoms with van der Waals surface area (Å²) in [6, 6.07) is 7.01. The molecule has 1 aliphatic heterocycles. The monoisotopic (exact) mass is 446 g/mol. The van der Waals surface area contributed by atoms with E-state index < -0.39 is 0 Å². The van der Waals surface area contributed by atoms with Crippen molar-refractivity contribution in [3.63, 3.8) is 0 Å². The van der Waals surface area contributed by atoms with E-state index in [9.17, 15) is 9.18 Å². The van der Waals surface area contributed by atoms with Gasteiger partial charge < -0.3 is 20.4 Å². The van der Waals surface area contributed by atoms with Crippen LogP contribution in [0, 0.1) is 11.2 Å². The molecular formula is C24H39FN6O. The van der Waals surface area contributed by atoms with Crippen LogP contribution in [-0.4, -0.2) is 88.6 Å². The fraction of sp³-hybridized carbons (Fsp3) is 0.667. The zero-order chi connectivity index (χ0) is 23.0. The first-order chi connectivity index (χ1) is 15.4. The summed E-state index contributed by atoms with van der Waals surface area (Å²) in [4.78, 5) is 23.3. The van der Waals surface area contributed by atoms with Gasteiger partial charge in [0.05, 0.1) is 11.1 Å². The molecule has 0 unspecified atom stereocenters. The van der Waals surface area contributed by atoms with Gasteiger partial charge in [0.1, 0.15) is 5.82 Å². The van der Waals surface area contributed by atoms with Crippen molar-refractivity contribution in [2.45, 2.75) is 32.1 Å². The summed E-state index contributed by atoms with van der Waals surface area (Å²) in [5, 5.41) is 6.78. The molecule has 0 spiro atoms. The molecule has 1 heterocycles. The van der Waals surface area contributed by atoms with Crippen LogP contribution < -0.4 is 15.5 Å². The van der Waals surface area contributed by atoms with Crippen LogP contribution in [0.25, 0.3) is 0 Å². The van der Waals surface area contributed by atoms with Crippen LogP contribution in [0.1, 0.15) is 32.1 Å². The lowest BCUT2D eigenvalue weighted by molar-refractivity contribution is -0.138. The van der Waals surface area contributed by atoms with Crippen molar-refractivity contribution in [2.75, 3.05) is 71.9 Å². The number of nitrogens with zero attached hydrogens (tertiary/aromatic N) is 4. The van der Waals surface area contributed by atoms with E-state index in [1.54, 1.807) is 18.0 Å². The van der Waals surface area contributed by atoms with Crippen LogP contribution in [-0.2, 0) is 4.79 Å². The molecule has 8 heteroatoms. The number of piperazine rings is 1. The average Bonchev–Trinajstić information content (AvgIpc) is 3.29. The van der Waals surface area contributed by atoms with Gasteiger partial charge in [-0.1, -0.05) is 25.0 Å². The summed E-state index contributed by atoms with van der Waals surface area (Å²) in [5.41, 5.74) is 0.399. The van der Waals surface area contributed by atoms with Gasteiger partial charge in [-0.15, -0.1) is 0 Å². The van der Waals surface area contributed by atoms with Crippen LogP contribution in [0.15, 0.2) is 29.3 Å². The van der Waals surface area contributed by atoms with Crippen molar-refractivity contribution in [1.29, 1.82) is 0 Å². The Morgan fingerprint density at radius 1 is 1.12 bits per heavy atom. The molecule has 1 aromatic carbocycles. The molecule has 1 amide bonds. The number of benzene rings is 1. The van der Waals surface area contributed by atoms with Crippen LogP contribution in [0.4, 0.5) is 10.1 Å². The molecule has 0 atom stereocenters. The number of anilines is 1. The van der Waals surface area contributed by atoms with E-state index in [1.165, 1.54) is 6.07 Å². The molecule has 178 valence electrons. The van der Waals surface area contributed by atoms with Gasteiger partial charge >= 0.3 is 0 Å². The molecule has 0 bridgehead atoms. The second kappa shape index (κ2) is 11.5. The predicted molar refractivity (Wildman–Crippen MR) is 129 cm³/mol. The van der Waals surface area contributed by atoms with Crippen molar-refractivity contribution in [1.82, 2.24) is 20.4 Å². The van der Waals surface area contributed by atoms with Crippen LogP contribution >= 0.6 is 0 Å². The van der Waals surface area contributed by atoms with E-state index in [4.69, 9.17) is 0 Å². The highest BCUT2D eigenvalue weighted by Gasteiger charge is 2.42. The maximum absolute atomic E-state index is 14.0. The minimum Gasteiger partial charge on any atom is -0.367 e. The molecule has 1 saturated carbocycles. The first-order valence-electron chi connectivity index (χ1n) is 11.8. The fourth-order valence-electron chi connectivity index (χ4n) is 4.90. The SMILES string of the molecule is CN=C(NCCCN1CCN(c2ccccc2F)CC1)NCC1(C(=O)N(C)C)CCCC1. The Morgan fingerprint density at radius 2 is 1.81 bits per heavy atom. The molecule has 1 saturated heterocycles. The lowest BCUT2D eigenvalue weighted by atomic mass is 9.84. The lowest BCUT2D eigenvalue weighted by Gasteiger charge is -2.36. The van der Waals surface area contributed by atoms with Gasteiger partial charge in [0.15, 0.2) is 5.96 Å². The van der Waals surface area contributed by atoms with Crippen LogP contribution in [0.2, 0.25) is 0 Å². The summed E-state index contributed by atoms with van der Waals surface area (Å²) in [6.07, 6.45) is 5.09. The normalized spacial score (nSPS) is 19.1. The molecular weight excluding hydrogens is 407 g/mol. The van der Waals surface area contributed by atoms with Gasteiger partial charge in [-0.25, -0.2) is 4.39 Å². The standard InChI is InChI=1S/C24H39FN6O/c1-26-23(28-19-24(11-6-7-12-24)22(32)29(2)3)27-13-8-14-30-15-17-31(18-16-30)21-10-5-4-9-20(21)25/h4-5,9-10H,6-8,11-19H2,1-3H3,(H2,26,27,28). The van der Waals surface area contributed by atoms with Crippen molar-refractivity contribution in [2.24, 2.45) is 10.4 Å². The Morgan fingerprint density at radius 3 is 2.44 bits per heavy atom. The first-order valence-corrected chi connectivity index (χ1v) is 11.8. The van der Waals surface area contributed by atoms with E-state index in [2.05, 4.69) is 25.4 Å². The third-order valence-corrected chi connectivity index (χ3v) is 6.75. The Labute approximate surface area is 192 Å². The summed E-state index contributed by atoms with van der Waals surface area (Å²) >= 11 is 0. The molecule has 32 heavy (non-hydrogen) atoms. The van der Waals surface area contributed by atoms with E-state index in [1.807, 2.05) is 26.2 Å². The Bertz CT molecular complexity index is 770. The van der Waals surface area contributed by atoms with E-state index in [0.717, 1.165) is 77.3 Å². The number of para-hydroxylation sites is 1. The van der Waals surface area contributed by atoms with Crippen molar-refractivity contribution in [3.8, 4) is 0 Å². The van der Waals surface area contributed by atoms with Gasteiger partial charge in [-0.05, 0) is 37.9 Å². The minimum atomic E-state index is -0.307. The number of nitrogens with one attached hydrogen (secondary N) is 2. The van der Waals surface area contributed by atoms with Crippen LogP contribution in [0.3, 0.4) is 0 Å². The van der Waals surface area contributed by atoms with Gasteiger partial charge in [0.2, 0.25) is 5.91 Å². The summed E-state index contributed by atoms with van der Waals surface area (Å²) < 4.78 is 14.0. The van der Waals surface area contributed by atoms with Gasteiger partial charge in [-0.2, -0.15) is 0 Å². The number of aliphatic imine (C=N–C) groups is 1. The van der Waals surface area contributed by atoms with Crippen molar-refractivity contribution in [3.05, 3.63) is 30.1 Å². The number of carbonyl (C=O) groups excluding carboxylic acids is 1. The molecule has 3 rings (SSSR count). The maximum Gasteiger partial charge on any atom is 0.230 e. The van der Waals surface area contributed by atoms with Gasteiger partial charge in [0, 0.05) is 60.4 Å². The number of halogens is 1. The highest BCUT2D eigenvalue weighted by atomic mass is 19.1. The predicted octanol–water partition coefficient (Wildman–Crippen LogP) is 2.15. The number of amides is 1. The second-order valence-corrected chi connectivity index (χ2v) is 9.17. The largest absolute Gasteiger partial charge is 0.367 e. The Kier molecular flexibility index (Phi) is 8.73. The number of hydrogen-bond donors (Lipinski definition) is 2. The average molecular weight is 447 g/mol. The molecule has 2 aliphatic rings. The first kappa shape index (κ1) is 24.3. The fourth-order valence-corrected chi connectivity index (χ4v) is 4.90. The molecule has 2 fully saturated rings. The smallest absolute Gasteiger partial charge is 0.230 e. The quantitative estimate of drug-likeness (QED) is 0.364. The topological polar surface area (TPSA) is 63.2 Å². The minimum absolute atomic E-state index is 0.143. The third kappa shape index (κ3) is 6.12. The molecule has 7 nitrogen and oxygen atoms in total. The van der Waals surface area contributed by atoms with Gasteiger partial charge in [-0.3, -0.25) is 14.7 Å². The molecule has 1 aromatic rings. The molecule has 2 N–H and O–H groups in total. The van der Waals surface area contributed by atoms with Crippen molar-refractivity contribution >= 4 is 17.6 Å². The third-order valence-electron chi connectivity index (χ3n) is 6.75. The second-order valence-electron chi connectivity index (χ2n) is 9.17. The highest BCUT2D eigenvalue weighted by molar-refractivity contribution is 5.85. The Balaban J connectivity index is 1.36. The summed E-state index contributed by atoms with van der Waals surface area (Å²) in [5.74, 6) is 0.829. The molecule has 1 aliphatic carbocycles. The lowest BCUT2D eigenvalue weighted by Crippen LogP contribution is -2.49. The van der Waals surface area contributed by atoms with E-state index in [0.29, 0.717) is 12.2 Å². The van der Waals surface area contributed by atoms with E-state index >= 15 is 0 Å². The summed E-state index contributed by atoms with van der Waals surface area (Å²) in [7, 11) is 5.45. The van der Waals surface area contributed by atoms with Crippen LogP contribution in [0.5, 0.6) is 0 Å². The number of hydrogen-bond acceptors (Lipinski definition) is 4. The van der Waals surface area contributed by atoms with Crippen molar-refractivity contribution < 1.29 is 9.18 Å².